The zero-order valence-corrected chi connectivity index (χ0v) is 19.2. The number of benzene rings is 1. The van der Waals surface area contributed by atoms with Crippen molar-refractivity contribution in [1.82, 2.24) is 0 Å². The summed E-state index contributed by atoms with van der Waals surface area (Å²) in [7, 11) is 0. The number of hydrogen-bond donors (Lipinski definition) is 0. The highest BCUT2D eigenvalue weighted by atomic mass is 16.5. The molecule has 162 valence electrons. The molecule has 0 aromatic heterocycles. The summed E-state index contributed by atoms with van der Waals surface area (Å²) in [5.74, 6) is 1.13. The molecule has 0 saturated heterocycles. The molecule has 0 aliphatic heterocycles. The number of rotatable bonds is 20. The standard InChI is InChI=1S/C27H48O/c1-3-5-7-9-11-12-13-15-17-21-25-28-27-24-20-19-23-26(27)22-18-16-14-10-8-6-4-2/h19-20,23-24H,3-18,21-22,25H2,1-2H3. The van der Waals surface area contributed by atoms with Gasteiger partial charge in [0.05, 0.1) is 6.61 Å². The van der Waals surface area contributed by atoms with Crippen molar-refractivity contribution in [2.45, 2.75) is 129 Å². The molecule has 1 nitrogen and oxygen atoms in total. The lowest BCUT2D eigenvalue weighted by Crippen LogP contribution is -2.00. The van der Waals surface area contributed by atoms with Crippen LogP contribution in [0.2, 0.25) is 0 Å². The second-order valence-corrected chi connectivity index (χ2v) is 8.51. The summed E-state index contributed by atoms with van der Waals surface area (Å²) in [5, 5.41) is 0. The Morgan fingerprint density at radius 1 is 0.536 bits per heavy atom. The van der Waals surface area contributed by atoms with Gasteiger partial charge in [-0.05, 0) is 30.9 Å². The van der Waals surface area contributed by atoms with E-state index >= 15 is 0 Å². The lowest BCUT2D eigenvalue weighted by Gasteiger charge is -2.11. The molecule has 0 amide bonds. The number of unbranched alkanes of at least 4 members (excludes halogenated alkanes) is 15. The van der Waals surface area contributed by atoms with Crippen molar-refractivity contribution >= 4 is 0 Å². The zero-order chi connectivity index (χ0) is 20.1. The molecule has 1 rings (SSSR count). The lowest BCUT2D eigenvalue weighted by atomic mass is 10.0. The first kappa shape index (κ1) is 25.1. The third-order valence-electron chi connectivity index (χ3n) is 5.78. The van der Waals surface area contributed by atoms with Crippen molar-refractivity contribution in [2.75, 3.05) is 6.61 Å². The Morgan fingerprint density at radius 2 is 1.00 bits per heavy atom. The van der Waals surface area contributed by atoms with Crippen molar-refractivity contribution in [3.63, 3.8) is 0 Å². The Bertz CT molecular complexity index is 440. The zero-order valence-electron chi connectivity index (χ0n) is 19.2. The van der Waals surface area contributed by atoms with Crippen LogP contribution in [0, 0.1) is 0 Å². The monoisotopic (exact) mass is 388 g/mol. The minimum atomic E-state index is 0.879. The molecule has 0 saturated carbocycles. The quantitative estimate of drug-likeness (QED) is 0.202. The number of ether oxygens (including phenoxy) is 1. The van der Waals surface area contributed by atoms with Crippen molar-refractivity contribution in [2.24, 2.45) is 0 Å². The predicted octanol–water partition coefficient (Wildman–Crippen LogP) is 9.28. The average Bonchev–Trinajstić information content (AvgIpc) is 2.72. The second-order valence-electron chi connectivity index (χ2n) is 8.51. The van der Waals surface area contributed by atoms with E-state index in [2.05, 4.69) is 38.1 Å². The molecular weight excluding hydrogens is 340 g/mol. The summed E-state index contributed by atoms with van der Waals surface area (Å²) in [6, 6.07) is 8.68. The molecule has 0 unspecified atom stereocenters. The molecule has 0 aliphatic rings. The van der Waals surface area contributed by atoms with E-state index in [-0.39, 0.29) is 0 Å². The molecule has 0 spiro atoms. The Balaban J connectivity index is 2.04. The van der Waals surface area contributed by atoms with E-state index in [1.165, 1.54) is 121 Å². The molecule has 1 aromatic carbocycles. The van der Waals surface area contributed by atoms with Crippen molar-refractivity contribution in [3.05, 3.63) is 29.8 Å². The van der Waals surface area contributed by atoms with Gasteiger partial charge in [0.2, 0.25) is 0 Å². The van der Waals surface area contributed by atoms with Crippen LogP contribution in [0.15, 0.2) is 24.3 Å². The van der Waals surface area contributed by atoms with Gasteiger partial charge in [-0.25, -0.2) is 0 Å². The number of hydrogen-bond acceptors (Lipinski definition) is 1. The Kier molecular flexibility index (Phi) is 17.3. The molecule has 0 heterocycles. The topological polar surface area (TPSA) is 9.23 Å². The lowest BCUT2D eigenvalue weighted by molar-refractivity contribution is 0.301. The maximum Gasteiger partial charge on any atom is 0.122 e. The fourth-order valence-corrected chi connectivity index (χ4v) is 3.90. The van der Waals surface area contributed by atoms with Gasteiger partial charge in [0.1, 0.15) is 5.75 Å². The molecule has 0 bridgehead atoms. The van der Waals surface area contributed by atoms with Crippen LogP contribution in [0.25, 0.3) is 0 Å². The summed E-state index contributed by atoms with van der Waals surface area (Å²) in [5.41, 5.74) is 1.41. The summed E-state index contributed by atoms with van der Waals surface area (Å²) >= 11 is 0. The van der Waals surface area contributed by atoms with Crippen LogP contribution < -0.4 is 4.74 Å². The van der Waals surface area contributed by atoms with E-state index in [0.717, 1.165) is 12.4 Å². The molecule has 0 fully saturated rings. The minimum Gasteiger partial charge on any atom is -0.493 e. The van der Waals surface area contributed by atoms with Crippen LogP contribution in [-0.2, 0) is 6.42 Å². The average molecular weight is 389 g/mol. The highest BCUT2D eigenvalue weighted by molar-refractivity contribution is 5.33. The van der Waals surface area contributed by atoms with Crippen molar-refractivity contribution in [3.8, 4) is 5.75 Å². The number of aryl methyl sites for hydroxylation is 1. The molecular formula is C27H48O. The maximum absolute atomic E-state index is 6.12. The van der Waals surface area contributed by atoms with E-state index in [0.29, 0.717) is 0 Å². The normalized spacial score (nSPS) is 11.1. The van der Waals surface area contributed by atoms with E-state index in [4.69, 9.17) is 4.74 Å². The van der Waals surface area contributed by atoms with Gasteiger partial charge in [0, 0.05) is 0 Å². The van der Waals surface area contributed by atoms with Crippen LogP contribution in [-0.4, -0.2) is 6.61 Å². The highest BCUT2D eigenvalue weighted by Gasteiger charge is 2.03. The first-order chi connectivity index (χ1) is 13.9. The van der Waals surface area contributed by atoms with Crippen LogP contribution in [0.5, 0.6) is 5.75 Å². The van der Waals surface area contributed by atoms with Gasteiger partial charge in [-0.2, -0.15) is 0 Å². The molecule has 0 radical (unpaired) electrons. The van der Waals surface area contributed by atoms with Gasteiger partial charge in [-0.15, -0.1) is 0 Å². The summed E-state index contributed by atoms with van der Waals surface area (Å²) < 4.78 is 6.12. The molecule has 1 aromatic rings. The van der Waals surface area contributed by atoms with Crippen LogP contribution >= 0.6 is 0 Å². The highest BCUT2D eigenvalue weighted by Crippen LogP contribution is 2.21. The first-order valence-corrected chi connectivity index (χ1v) is 12.6. The third kappa shape index (κ3) is 14.1. The van der Waals surface area contributed by atoms with E-state index in [1.807, 2.05) is 0 Å². The number of para-hydroxylation sites is 1. The van der Waals surface area contributed by atoms with Gasteiger partial charge in [-0.1, -0.05) is 128 Å². The van der Waals surface area contributed by atoms with Gasteiger partial charge in [-0.3, -0.25) is 0 Å². The van der Waals surface area contributed by atoms with E-state index < -0.39 is 0 Å². The summed E-state index contributed by atoms with van der Waals surface area (Å²) in [6.45, 7) is 5.45. The summed E-state index contributed by atoms with van der Waals surface area (Å²) in [6.07, 6.45) is 24.5. The Hall–Kier alpha value is -0.980. The molecule has 1 heteroatoms. The van der Waals surface area contributed by atoms with Gasteiger partial charge in [0.25, 0.3) is 0 Å². The third-order valence-corrected chi connectivity index (χ3v) is 5.78. The van der Waals surface area contributed by atoms with E-state index in [1.54, 1.807) is 0 Å². The van der Waals surface area contributed by atoms with Crippen molar-refractivity contribution < 1.29 is 4.74 Å². The first-order valence-electron chi connectivity index (χ1n) is 12.6. The minimum absolute atomic E-state index is 0.879. The molecule has 28 heavy (non-hydrogen) atoms. The van der Waals surface area contributed by atoms with Gasteiger partial charge < -0.3 is 4.74 Å². The Morgan fingerprint density at radius 3 is 1.57 bits per heavy atom. The van der Waals surface area contributed by atoms with Crippen LogP contribution in [0.4, 0.5) is 0 Å². The fourth-order valence-electron chi connectivity index (χ4n) is 3.90. The largest absolute Gasteiger partial charge is 0.493 e. The van der Waals surface area contributed by atoms with Crippen molar-refractivity contribution in [1.29, 1.82) is 0 Å². The van der Waals surface area contributed by atoms with Gasteiger partial charge >= 0.3 is 0 Å². The van der Waals surface area contributed by atoms with E-state index in [9.17, 15) is 0 Å². The van der Waals surface area contributed by atoms with Crippen LogP contribution in [0.1, 0.15) is 129 Å². The predicted molar refractivity (Wildman–Crippen MR) is 125 cm³/mol. The fraction of sp³-hybridized carbons (Fsp3) is 0.778. The summed E-state index contributed by atoms with van der Waals surface area (Å²) in [4.78, 5) is 0. The second kappa shape index (κ2) is 19.3. The molecule has 0 atom stereocenters. The SMILES string of the molecule is CCCCCCCCCCCCOc1ccccc1CCCCCCCCC. The molecule has 0 aliphatic carbocycles. The maximum atomic E-state index is 6.12. The molecule has 0 N–H and O–H groups in total. The Labute approximate surface area is 176 Å². The van der Waals surface area contributed by atoms with Gasteiger partial charge in [0.15, 0.2) is 0 Å². The van der Waals surface area contributed by atoms with Crippen LogP contribution in [0.3, 0.4) is 0 Å². The smallest absolute Gasteiger partial charge is 0.122 e.